The third-order valence-corrected chi connectivity index (χ3v) is 8.04. The fourth-order valence-corrected chi connectivity index (χ4v) is 6.41. The molecule has 9 heteroatoms. The highest BCUT2D eigenvalue weighted by molar-refractivity contribution is 7.99. The molecule has 4 aromatic rings. The van der Waals surface area contributed by atoms with Crippen molar-refractivity contribution in [2.75, 3.05) is 12.4 Å². The van der Waals surface area contributed by atoms with Crippen LogP contribution in [0, 0.1) is 0 Å². The maximum atomic E-state index is 13.7. The molecule has 7 nitrogen and oxygen atoms in total. The highest BCUT2D eigenvalue weighted by Crippen LogP contribution is 2.35. The second kappa shape index (κ2) is 11.1. The predicted molar refractivity (Wildman–Crippen MR) is 146 cm³/mol. The van der Waals surface area contributed by atoms with Crippen LogP contribution in [0.2, 0.25) is 0 Å². The minimum Gasteiger partial charge on any atom is -0.493 e. The number of nitrogens with one attached hydrogen (secondary N) is 1. The summed E-state index contributed by atoms with van der Waals surface area (Å²) in [4.78, 5) is 33.2. The number of hydrazone groups is 1. The van der Waals surface area contributed by atoms with E-state index in [2.05, 4.69) is 10.5 Å². The van der Waals surface area contributed by atoms with Gasteiger partial charge in [0.05, 0.1) is 29.6 Å². The second-order valence-electron chi connectivity index (χ2n) is 8.31. The Morgan fingerprint density at radius 1 is 1.17 bits per heavy atom. The van der Waals surface area contributed by atoms with E-state index < -0.39 is 0 Å². The molecule has 1 aliphatic rings. The van der Waals surface area contributed by atoms with Crippen LogP contribution in [0.4, 0.5) is 0 Å². The van der Waals surface area contributed by atoms with Crippen LogP contribution in [0.5, 0.6) is 5.75 Å². The highest BCUT2D eigenvalue weighted by atomic mass is 32.2. The number of aromatic nitrogens is 2. The van der Waals surface area contributed by atoms with Gasteiger partial charge in [0.2, 0.25) is 0 Å². The van der Waals surface area contributed by atoms with Gasteiger partial charge in [-0.2, -0.15) is 5.10 Å². The lowest BCUT2D eigenvalue weighted by molar-refractivity contribution is -0.118. The standard InChI is InChI=1S/C27H26N4O3S2/c1-2-34-21-14-8-6-10-18(21)16-28-30-23(32)17-35-27-29-25-24(20-13-7-9-15-22(20)36-25)26(33)31(27)19-11-4-3-5-12-19/h3-6,8,10-12,14,16H,2,7,9,13,15,17H2,1H3,(H,30,32)/b28-16-. The Bertz CT molecular complexity index is 1480. The first-order chi connectivity index (χ1) is 17.7. The van der Waals surface area contributed by atoms with Crippen LogP contribution in [0.1, 0.15) is 35.8 Å². The second-order valence-corrected chi connectivity index (χ2v) is 10.3. The summed E-state index contributed by atoms with van der Waals surface area (Å²) < 4.78 is 7.21. The molecular formula is C27H26N4O3S2. The number of aryl methyl sites for hydroxylation is 2. The zero-order valence-corrected chi connectivity index (χ0v) is 21.5. The first-order valence-electron chi connectivity index (χ1n) is 11.9. The van der Waals surface area contributed by atoms with Crippen LogP contribution in [0.25, 0.3) is 15.9 Å². The molecule has 0 aliphatic heterocycles. The number of thiophene rings is 1. The topological polar surface area (TPSA) is 85.6 Å². The third kappa shape index (κ3) is 5.08. The lowest BCUT2D eigenvalue weighted by Crippen LogP contribution is -2.24. The van der Waals surface area contributed by atoms with Crippen molar-refractivity contribution in [3.63, 3.8) is 0 Å². The Balaban J connectivity index is 1.39. The van der Waals surface area contributed by atoms with E-state index in [-0.39, 0.29) is 17.2 Å². The van der Waals surface area contributed by atoms with Crippen molar-refractivity contribution in [1.82, 2.24) is 15.0 Å². The molecule has 184 valence electrons. The van der Waals surface area contributed by atoms with Gasteiger partial charge in [-0.3, -0.25) is 14.2 Å². The van der Waals surface area contributed by atoms with E-state index in [4.69, 9.17) is 9.72 Å². The van der Waals surface area contributed by atoms with E-state index in [0.29, 0.717) is 17.5 Å². The number of para-hydroxylation sites is 2. The molecule has 0 saturated carbocycles. The van der Waals surface area contributed by atoms with Crippen molar-refractivity contribution in [3.05, 3.63) is 81.0 Å². The van der Waals surface area contributed by atoms with Crippen molar-refractivity contribution in [1.29, 1.82) is 0 Å². The van der Waals surface area contributed by atoms with E-state index in [0.717, 1.165) is 52.7 Å². The number of carbonyl (C=O) groups excluding carboxylic acids is 1. The molecule has 2 aromatic carbocycles. The molecule has 0 atom stereocenters. The van der Waals surface area contributed by atoms with Crippen LogP contribution in [0.3, 0.4) is 0 Å². The first-order valence-corrected chi connectivity index (χ1v) is 13.7. The number of hydrogen-bond donors (Lipinski definition) is 1. The average Bonchev–Trinajstić information content (AvgIpc) is 3.28. The number of rotatable bonds is 8. The van der Waals surface area contributed by atoms with Gasteiger partial charge in [0.15, 0.2) is 5.16 Å². The van der Waals surface area contributed by atoms with Gasteiger partial charge < -0.3 is 4.74 Å². The van der Waals surface area contributed by atoms with E-state index in [1.807, 2.05) is 61.5 Å². The van der Waals surface area contributed by atoms with Gasteiger partial charge in [0.25, 0.3) is 11.5 Å². The molecule has 36 heavy (non-hydrogen) atoms. The normalized spacial score (nSPS) is 13.1. The first kappa shape index (κ1) is 24.3. The molecule has 1 amide bonds. The monoisotopic (exact) mass is 518 g/mol. The molecule has 2 aromatic heterocycles. The van der Waals surface area contributed by atoms with Crippen LogP contribution < -0.4 is 15.7 Å². The van der Waals surface area contributed by atoms with Crippen LogP contribution in [-0.4, -0.2) is 34.0 Å². The average molecular weight is 519 g/mol. The molecular weight excluding hydrogens is 492 g/mol. The van der Waals surface area contributed by atoms with Crippen molar-refractivity contribution >= 4 is 45.4 Å². The summed E-state index contributed by atoms with van der Waals surface area (Å²) in [7, 11) is 0. The zero-order chi connectivity index (χ0) is 24.9. The van der Waals surface area contributed by atoms with E-state index in [1.165, 1.54) is 16.6 Å². The van der Waals surface area contributed by atoms with Gasteiger partial charge in [-0.05, 0) is 62.4 Å². The summed E-state index contributed by atoms with van der Waals surface area (Å²) in [5.74, 6) is 0.486. The molecule has 0 saturated heterocycles. The molecule has 5 rings (SSSR count). The fourth-order valence-electron chi connectivity index (χ4n) is 4.30. The Hall–Kier alpha value is -3.43. The summed E-state index contributed by atoms with van der Waals surface area (Å²) in [6.45, 7) is 2.46. The maximum Gasteiger partial charge on any atom is 0.267 e. The molecule has 0 bridgehead atoms. The van der Waals surface area contributed by atoms with E-state index in [9.17, 15) is 9.59 Å². The number of ether oxygens (including phenoxy) is 1. The van der Waals surface area contributed by atoms with E-state index in [1.54, 1.807) is 22.1 Å². The number of benzene rings is 2. The summed E-state index contributed by atoms with van der Waals surface area (Å²) in [6, 6.07) is 17.0. The molecule has 0 spiro atoms. The molecule has 1 aliphatic carbocycles. The molecule has 2 heterocycles. The summed E-state index contributed by atoms with van der Waals surface area (Å²) in [5, 5.41) is 5.31. The molecule has 0 unspecified atom stereocenters. The predicted octanol–water partition coefficient (Wildman–Crippen LogP) is 4.97. The Morgan fingerprint density at radius 3 is 2.78 bits per heavy atom. The van der Waals surface area contributed by atoms with Crippen LogP contribution in [-0.2, 0) is 17.6 Å². The van der Waals surface area contributed by atoms with Crippen molar-refractivity contribution in [2.24, 2.45) is 5.10 Å². The smallest absolute Gasteiger partial charge is 0.267 e. The van der Waals surface area contributed by atoms with Gasteiger partial charge in [0.1, 0.15) is 10.6 Å². The Kier molecular flexibility index (Phi) is 7.48. The summed E-state index contributed by atoms with van der Waals surface area (Å²) in [5.41, 5.74) is 5.16. The van der Waals surface area contributed by atoms with Crippen molar-refractivity contribution in [2.45, 2.75) is 37.8 Å². The number of thioether (sulfide) groups is 1. The number of carbonyl (C=O) groups is 1. The Labute approximate surface area is 217 Å². The van der Waals surface area contributed by atoms with Gasteiger partial charge in [-0.15, -0.1) is 11.3 Å². The minimum atomic E-state index is -0.287. The maximum absolute atomic E-state index is 13.7. The van der Waals surface area contributed by atoms with E-state index >= 15 is 0 Å². The van der Waals surface area contributed by atoms with Crippen LogP contribution in [0.15, 0.2) is 69.6 Å². The summed E-state index contributed by atoms with van der Waals surface area (Å²) in [6.07, 6.45) is 5.71. The molecule has 1 N–H and O–H groups in total. The number of amides is 1. The lowest BCUT2D eigenvalue weighted by Gasteiger charge is -2.13. The molecule has 0 radical (unpaired) electrons. The SMILES string of the molecule is CCOc1ccccc1/C=N\NC(=O)CSc1nc2sc3c(c2c(=O)n1-c1ccccc1)CCCC3. The van der Waals surface area contributed by atoms with Gasteiger partial charge >= 0.3 is 0 Å². The van der Waals surface area contributed by atoms with Crippen LogP contribution >= 0.6 is 23.1 Å². The quantitative estimate of drug-likeness (QED) is 0.154. The van der Waals surface area contributed by atoms with Gasteiger partial charge in [-0.1, -0.05) is 42.1 Å². The lowest BCUT2D eigenvalue weighted by atomic mass is 9.97. The van der Waals surface area contributed by atoms with Gasteiger partial charge in [-0.25, -0.2) is 10.4 Å². The van der Waals surface area contributed by atoms with Gasteiger partial charge in [0, 0.05) is 10.4 Å². The van der Waals surface area contributed by atoms with Crippen molar-refractivity contribution < 1.29 is 9.53 Å². The number of fused-ring (bicyclic) bond motifs is 3. The number of nitrogens with zero attached hydrogens (tertiary/aromatic N) is 3. The molecule has 0 fully saturated rings. The number of hydrogen-bond acceptors (Lipinski definition) is 7. The fraction of sp³-hybridized carbons (Fsp3) is 0.259. The third-order valence-electron chi connectivity index (χ3n) is 5.92. The Morgan fingerprint density at radius 2 is 1.94 bits per heavy atom. The highest BCUT2D eigenvalue weighted by Gasteiger charge is 2.23. The zero-order valence-electron chi connectivity index (χ0n) is 19.9. The summed E-state index contributed by atoms with van der Waals surface area (Å²) >= 11 is 2.84. The van der Waals surface area contributed by atoms with Crippen molar-refractivity contribution in [3.8, 4) is 11.4 Å². The largest absolute Gasteiger partial charge is 0.493 e. The minimum absolute atomic E-state index is 0.0698.